The lowest BCUT2D eigenvalue weighted by Gasteiger charge is -2.39. The molecule has 7 heteroatoms. The molecule has 1 unspecified atom stereocenters. The van der Waals surface area contributed by atoms with Gasteiger partial charge in [-0.25, -0.2) is 9.59 Å². The van der Waals surface area contributed by atoms with Gasteiger partial charge in [-0.15, -0.1) is 0 Å². The van der Waals surface area contributed by atoms with Gasteiger partial charge < -0.3 is 15.5 Å². The summed E-state index contributed by atoms with van der Waals surface area (Å²) in [4.78, 5) is 28.6. The second-order valence-corrected chi connectivity index (χ2v) is 8.85. The van der Waals surface area contributed by atoms with Crippen molar-refractivity contribution in [1.82, 2.24) is 10.2 Å². The monoisotopic (exact) mass is 414 g/mol. The predicted octanol–water partition coefficient (Wildman–Crippen LogP) is 5.39. The van der Waals surface area contributed by atoms with Crippen molar-refractivity contribution >= 4 is 35.0 Å². The number of hydrogen-bond donors (Lipinski definition) is 2. The van der Waals surface area contributed by atoms with Gasteiger partial charge in [0.05, 0.1) is 11.7 Å². The standard InChI is InChI=1S/C22H27ClN4O2/c1-14(15-6-8-17(23)9-7-15)27-19-11-10-18(24-20(28)25-22(2,3)4)12-16(19)13-26(5)21(27)29/h6-12,14H,13H2,1-5H3,(H2,24,25,28). The van der Waals surface area contributed by atoms with Crippen molar-refractivity contribution in [2.24, 2.45) is 0 Å². The molecule has 0 spiro atoms. The van der Waals surface area contributed by atoms with Crippen molar-refractivity contribution in [2.45, 2.75) is 45.8 Å². The molecule has 0 saturated heterocycles. The van der Waals surface area contributed by atoms with Gasteiger partial charge in [-0.05, 0) is 69.2 Å². The number of fused-ring (bicyclic) bond motifs is 1. The van der Waals surface area contributed by atoms with Crippen LogP contribution in [0.1, 0.15) is 44.9 Å². The molecule has 0 bridgehead atoms. The van der Waals surface area contributed by atoms with Crippen LogP contribution in [0.5, 0.6) is 0 Å². The fraction of sp³-hybridized carbons (Fsp3) is 0.364. The average molecular weight is 415 g/mol. The summed E-state index contributed by atoms with van der Waals surface area (Å²) in [6.07, 6.45) is 0. The molecule has 29 heavy (non-hydrogen) atoms. The van der Waals surface area contributed by atoms with E-state index in [1.165, 1.54) is 0 Å². The summed E-state index contributed by atoms with van der Waals surface area (Å²) < 4.78 is 0. The van der Waals surface area contributed by atoms with Gasteiger partial charge in [0.15, 0.2) is 0 Å². The number of amides is 4. The molecule has 0 saturated carbocycles. The van der Waals surface area contributed by atoms with E-state index < -0.39 is 0 Å². The minimum absolute atomic E-state index is 0.0638. The first-order valence-corrected chi connectivity index (χ1v) is 9.95. The third kappa shape index (κ3) is 4.82. The van der Waals surface area contributed by atoms with Crippen LogP contribution < -0.4 is 15.5 Å². The first-order valence-electron chi connectivity index (χ1n) is 9.57. The summed E-state index contributed by atoms with van der Waals surface area (Å²) in [7, 11) is 1.78. The average Bonchev–Trinajstić information content (AvgIpc) is 2.61. The van der Waals surface area contributed by atoms with Crippen LogP contribution in [0.15, 0.2) is 42.5 Å². The largest absolute Gasteiger partial charge is 0.333 e. The third-order valence-corrected chi connectivity index (χ3v) is 5.02. The molecular weight excluding hydrogens is 388 g/mol. The maximum atomic E-state index is 12.9. The number of hydrogen-bond acceptors (Lipinski definition) is 2. The molecule has 1 heterocycles. The Morgan fingerprint density at radius 1 is 1.14 bits per heavy atom. The van der Waals surface area contributed by atoms with Crippen molar-refractivity contribution in [3.63, 3.8) is 0 Å². The highest BCUT2D eigenvalue weighted by Crippen LogP contribution is 2.36. The Kier molecular flexibility index (Phi) is 5.75. The Labute approximate surface area is 176 Å². The summed E-state index contributed by atoms with van der Waals surface area (Å²) >= 11 is 6.01. The number of anilines is 2. The van der Waals surface area contributed by atoms with Gasteiger partial charge in [-0.3, -0.25) is 4.90 Å². The molecule has 4 amide bonds. The van der Waals surface area contributed by atoms with Crippen LogP contribution in [0.25, 0.3) is 0 Å². The smallest absolute Gasteiger partial charge is 0.325 e. The normalized spacial score (nSPS) is 15.0. The highest BCUT2D eigenvalue weighted by atomic mass is 35.5. The van der Waals surface area contributed by atoms with E-state index in [-0.39, 0.29) is 23.6 Å². The Balaban J connectivity index is 1.89. The van der Waals surface area contributed by atoms with Gasteiger partial charge in [0.25, 0.3) is 0 Å². The number of benzene rings is 2. The summed E-state index contributed by atoms with van der Waals surface area (Å²) in [6, 6.07) is 12.7. The van der Waals surface area contributed by atoms with Gasteiger partial charge >= 0.3 is 12.1 Å². The van der Waals surface area contributed by atoms with Gasteiger partial charge in [0.2, 0.25) is 0 Å². The number of halogens is 1. The summed E-state index contributed by atoms with van der Waals surface area (Å²) in [5.74, 6) is 0. The van der Waals surface area contributed by atoms with E-state index in [9.17, 15) is 9.59 Å². The molecule has 0 radical (unpaired) electrons. The zero-order chi connectivity index (χ0) is 21.3. The number of urea groups is 2. The SMILES string of the molecule is CC(c1ccc(Cl)cc1)N1C(=O)N(C)Cc2cc(NC(=O)NC(C)(C)C)ccc21. The molecule has 1 aliphatic heterocycles. The van der Waals surface area contributed by atoms with Crippen molar-refractivity contribution in [3.8, 4) is 0 Å². The van der Waals surface area contributed by atoms with E-state index in [1.54, 1.807) is 16.8 Å². The molecular formula is C22H27ClN4O2. The number of carbonyl (C=O) groups is 2. The predicted molar refractivity (Wildman–Crippen MR) is 118 cm³/mol. The minimum Gasteiger partial charge on any atom is -0.333 e. The number of carbonyl (C=O) groups excluding carboxylic acids is 2. The molecule has 2 N–H and O–H groups in total. The number of rotatable bonds is 3. The Bertz CT molecular complexity index is 921. The maximum absolute atomic E-state index is 12.9. The summed E-state index contributed by atoms with van der Waals surface area (Å²) in [5.41, 5.74) is 3.18. The first kappa shape index (κ1) is 21.0. The summed E-state index contributed by atoms with van der Waals surface area (Å²) in [6.45, 7) is 8.25. The van der Waals surface area contributed by atoms with Crippen LogP contribution in [0.3, 0.4) is 0 Å². The van der Waals surface area contributed by atoms with Crippen molar-refractivity contribution in [3.05, 3.63) is 58.6 Å². The molecule has 1 atom stereocenters. The van der Waals surface area contributed by atoms with Crippen LogP contribution in [0, 0.1) is 0 Å². The van der Waals surface area contributed by atoms with E-state index in [0.717, 1.165) is 16.8 Å². The molecule has 2 aromatic carbocycles. The van der Waals surface area contributed by atoms with Gasteiger partial charge in [-0.2, -0.15) is 0 Å². The molecule has 0 aliphatic carbocycles. The van der Waals surface area contributed by atoms with E-state index in [0.29, 0.717) is 17.3 Å². The second-order valence-electron chi connectivity index (χ2n) is 8.41. The lowest BCUT2D eigenvalue weighted by molar-refractivity contribution is 0.208. The van der Waals surface area contributed by atoms with Gasteiger partial charge in [-0.1, -0.05) is 23.7 Å². The molecule has 3 rings (SSSR count). The highest BCUT2D eigenvalue weighted by Gasteiger charge is 2.32. The Morgan fingerprint density at radius 3 is 2.41 bits per heavy atom. The third-order valence-electron chi connectivity index (χ3n) is 4.77. The lowest BCUT2D eigenvalue weighted by atomic mass is 10.0. The first-order chi connectivity index (χ1) is 13.5. The number of nitrogens with zero attached hydrogens (tertiary/aromatic N) is 2. The second kappa shape index (κ2) is 7.95. The summed E-state index contributed by atoms with van der Waals surface area (Å²) in [5, 5.41) is 6.41. The molecule has 154 valence electrons. The van der Waals surface area contributed by atoms with E-state index >= 15 is 0 Å². The fourth-order valence-electron chi connectivity index (χ4n) is 3.40. The quantitative estimate of drug-likeness (QED) is 0.706. The maximum Gasteiger partial charge on any atom is 0.325 e. The zero-order valence-electron chi connectivity index (χ0n) is 17.4. The topological polar surface area (TPSA) is 64.7 Å². The zero-order valence-corrected chi connectivity index (χ0v) is 18.2. The number of nitrogens with one attached hydrogen (secondary N) is 2. The molecule has 1 aliphatic rings. The van der Waals surface area contributed by atoms with Crippen LogP contribution in [0.2, 0.25) is 5.02 Å². The van der Waals surface area contributed by atoms with Crippen LogP contribution in [0.4, 0.5) is 21.0 Å². The molecule has 6 nitrogen and oxygen atoms in total. The van der Waals surface area contributed by atoms with Crippen LogP contribution in [-0.2, 0) is 6.54 Å². The Morgan fingerprint density at radius 2 is 1.79 bits per heavy atom. The van der Waals surface area contributed by atoms with E-state index in [1.807, 2.05) is 70.2 Å². The van der Waals surface area contributed by atoms with Crippen molar-refractivity contribution < 1.29 is 9.59 Å². The van der Waals surface area contributed by atoms with E-state index in [4.69, 9.17) is 11.6 Å². The van der Waals surface area contributed by atoms with Crippen molar-refractivity contribution in [1.29, 1.82) is 0 Å². The highest BCUT2D eigenvalue weighted by molar-refractivity contribution is 6.30. The van der Waals surface area contributed by atoms with Gasteiger partial charge in [0, 0.05) is 29.8 Å². The molecule has 2 aromatic rings. The van der Waals surface area contributed by atoms with Gasteiger partial charge in [0.1, 0.15) is 0 Å². The fourth-order valence-corrected chi connectivity index (χ4v) is 3.53. The Hall–Kier alpha value is -2.73. The van der Waals surface area contributed by atoms with Crippen LogP contribution in [-0.4, -0.2) is 29.5 Å². The van der Waals surface area contributed by atoms with Crippen LogP contribution >= 0.6 is 11.6 Å². The molecule has 0 aromatic heterocycles. The van der Waals surface area contributed by atoms with Crippen molar-refractivity contribution in [2.75, 3.05) is 17.3 Å². The van der Waals surface area contributed by atoms with E-state index in [2.05, 4.69) is 10.6 Å². The molecule has 0 fully saturated rings. The lowest BCUT2D eigenvalue weighted by Crippen LogP contribution is -2.46. The minimum atomic E-state index is -0.324.